The van der Waals surface area contributed by atoms with Crippen LogP contribution in [0.15, 0.2) is 51.8 Å². The van der Waals surface area contributed by atoms with Crippen molar-refractivity contribution in [2.24, 2.45) is 0 Å². The van der Waals surface area contributed by atoms with Gasteiger partial charge in [-0.25, -0.2) is 8.42 Å². The van der Waals surface area contributed by atoms with Crippen molar-refractivity contribution in [3.63, 3.8) is 0 Å². The average molecular weight is 436 g/mol. The van der Waals surface area contributed by atoms with Crippen LogP contribution >= 0.6 is 11.6 Å². The first-order valence-electron chi connectivity index (χ1n) is 8.85. The zero-order chi connectivity index (χ0) is 20.4. The predicted octanol–water partition coefficient (Wildman–Crippen LogP) is 3.09. The summed E-state index contributed by atoms with van der Waals surface area (Å²) >= 11 is 6.29. The standard InChI is InChI=1S/C19H18ClN3O5S/c1-26-14-4-2-13(3-5-14)18-21-22-19(28-18)16-12-15(6-7-17(16)20)29(24,25)23-8-10-27-11-9-23/h2-7,12H,8-11H2,1H3. The normalized spacial score (nSPS) is 15.4. The summed E-state index contributed by atoms with van der Waals surface area (Å²) in [7, 11) is -2.09. The fourth-order valence-electron chi connectivity index (χ4n) is 2.95. The molecule has 1 aliphatic heterocycles. The lowest BCUT2D eigenvalue weighted by Crippen LogP contribution is -2.40. The molecule has 1 fully saturated rings. The number of ether oxygens (including phenoxy) is 2. The minimum absolute atomic E-state index is 0.114. The van der Waals surface area contributed by atoms with E-state index < -0.39 is 10.0 Å². The molecule has 0 bridgehead atoms. The van der Waals surface area contributed by atoms with Gasteiger partial charge in [-0.05, 0) is 42.5 Å². The van der Waals surface area contributed by atoms with Gasteiger partial charge >= 0.3 is 0 Å². The minimum Gasteiger partial charge on any atom is -0.497 e. The van der Waals surface area contributed by atoms with Crippen molar-refractivity contribution in [3.8, 4) is 28.7 Å². The molecule has 0 amide bonds. The molecule has 0 aliphatic carbocycles. The van der Waals surface area contributed by atoms with Gasteiger partial charge in [-0.15, -0.1) is 10.2 Å². The third-order valence-electron chi connectivity index (χ3n) is 4.54. The first kappa shape index (κ1) is 19.8. The highest BCUT2D eigenvalue weighted by molar-refractivity contribution is 7.89. The zero-order valence-electron chi connectivity index (χ0n) is 15.5. The molecule has 2 aromatic carbocycles. The Bertz CT molecular complexity index is 1110. The summed E-state index contributed by atoms with van der Waals surface area (Å²) in [6.07, 6.45) is 0. The number of hydrogen-bond donors (Lipinski definition) is 0. The van der Waals surface area contributed by atoms with Crippen LogP contribution < -0.4 is 4.74 Å². The van der Waals surface area contributed by atoms with E-state index in [0.29, 0.717) is 54.1 Å². The van der Waals surface area contributed by atoms with E-state index in [1.807, 2.05) is 0 Å². The quantitative estimate of drug-likeness (QED) is 0.607. The lowest BCUT2D eigenvalue weighted by atomic mass is 10.2. The third-order valence-corrected chi connectivity index (χ3v) is 6.76. The second-order valence-electron chi connectivity index (χ2n) is 6.30. The van der Waals surface area contributed by atoms with E-state index >= 15 is 0 Å². The molecular formula is C19H18ClN3O5S. The van der Waals surface area contributed by atoms with Crippen molar-refractivity contribution in [1.29, 1.82) is 0 Å². The van der Waals surface area contributed by atoms with Crippen LogP contribution in [0.4, 0.5) is 0 Å². The van der Waals surface area contributed by atoms with Gasteiger partial charge in [0.05, 0.1) is 35.8 Å². The lowest BCUT2D eigenvalue weighted by Gasteiger charge is -2.26. The van der Waals surface area contributed by atoms with Crippen molar-refractivity contribution in [2.75, 3.05) is 33.4 Å². The van der Waals surface area contributed by atoms with E-state index in [1.54, 1.807) is 31.4 Å². The number of halogens is 1. The second kappa shape index (κ2) is 8.11. The smallest absolute Gasteiger partial charge is 0.249 e. The minimum atomic E-state index is -3.67. The van der Waals surface area contributed by atoms with Crippen LogP contribution in [0.1, 0.15) is 0 Å². The summed E-state index contributed by atoms with van der Waals surface area (Å²) in [6.45, 7) is 1.36. The monoisotopic (exact) mass is 435 g/mol. The van der Waals surface area contributed by atoms with E-state index in [4.69, 9.17) is 25.5 Å². The van der Waals surface area contributed by atoms with Crippen molar-refractivity contribution in [1.82, 2.24) is 14.5 Å². The maximum Gasteiger partial charge on any atom is 0.249 e. The molecule has 0 radical (unpaired) electrons. The third kappa shape index (κ3) is 3.99. The van der Waals surface area contributed by atoms with Gasteiger partial charge in [0, 0.05) is 18.7 Å². The fraction of sp³-hybridized carbons (Fsp3) is 0.263. The maximum atomic E-state index is 12.9. The first-order valence-corrected chi connectivity index (χ1v) is 10.7. The van der Waals surface area contributed by atoms with Gasteiger partial charge in [0.2, 0.25) is 21.8 Å². The molecular weight excluding hydrogens is 418 g/mol. The molecule has 152 valence electrons. The topological polar surface area (TPSA) is 94.8 Å². The van der Waals surface area contributed by atoms with E-state index in [1.165, 1.54) is 22.5 Å². The predicted molar refractivity (Wildman–Crippen MR) is 106 cm³/mol. The molecule has 10 heteroatoms. The Hall–Kier alpha value is -2.46. The van der Waals surface area contributed by atoms with Gasteiger partial charge in [0.25, 0.3) is 0 Å². The number of sulfonamides is 1. The molecule has 0 N–H and O–H groups in total. The number of rotatable bonds is 5. The Balaban J connectivity index is 1.67. The molecule has 0 spiro atoms. The molecule has 2 heterocycles. The maximum absolute atomic E-state index is 12.9. The van der Waals surface area contributed by atoms with Gasteiger partial charge in [-0.2, -0.15) is 4.31 Å². The van der Waals surface area contributed by atoms with Crippen LogP contribution in [-0.2, 0) is 14.8 Å². The first-order chi connectivity index (χ1) is 14.0. The number of hydrogen-bond acceptors (Lipinski definition) is 7. The van der Waals surface area contributed by atoms with Crippen LogP contribution in [0, 0.1) is 0 Å². The van der Waals surface area contributed by atoms with Crippen LogP contribution in [0.25, 0.3) is 22.9 Å². The summed E-state index contributed by atoms with van der Waals surface area (Å²) in [6, 6.07) is 11.6. The van der Waals surface area contributed by atoms with Gasteiger partial charge in [-0.1, -0.05) is 11.6 Å². The van der Waals surface area contributed by atoms with Crippen molar-refractivity contribution in [2.45, 2.75) is 4.90 Å². The highest BCUT2D eigenvalue weighted by Gasteiger charge is 2.27. The fourth-order valence-corrected chi connectivity index (χ4v) is 4.58. The van der Waals surface area contributed by atoms with Crippen LogP contribution in [0.5, 0.6) is 5.75 Å². The Labute approximate surface area is 173 Å². The van der Waals surface area contributed by atoms with Gasteiger partial charge in [0.1, 0.15) is 5.75 Å². The largest absolute Gasteiger partial charge is 0.497 e. The SMILES string of the molecule is COc1ccc(-c2nnc(-c3cc(S(=O)(=O)N4CCOCC4)ccc3Cl)o2)cc1. The summed E-state index contributed by atoms with van der Waals surface area (Å²) in [4.78, 5) is 0.114. The van der Waals surface area contributed by atoms with Crippen LogP contribution in [0.2, 0.25) is 5.02 Å². The second-order valence-corrected chi connectivity index (χ2v) is 8.64. The highest BCUT2D eigenvalue weighted by atomic mass is 35.5. The summed E-state index contributed by atoms with van der Waals surface area (Å²) in [5.74, 6) is 1.14. The molecule has 4 rings (SSSR count). The van der Waals surface area contributed by atoms with Gasteiger partial charge in [-0.3, -0.25) is 0 Å². The summed E-state index contributed by atoms with van der Waals surface area (Å²) in [5, 5.41) is 8.41. The number of nitrogens with zero attached hydrogens (tertiary/aromatic N) is 3. The summed E-state index contributed by atoms with van der Waals surface area (Å²) < 4.78 is 43.3. The zero-order valence-corrected chi connectivity index (χ0v) is 17.1. The van der Waals surface area contributed by atoms with Crippen molar-refractivity contribution < 1.29 is 22.3 Å². The lowest BCUT2D eigenvalue weighted by molar-refractivity contribution is 0.0730. The average Bonchev–Trinajstić information content (AvgIpc) is 3.24. The van der Waals surface area contributed by atoms with E-state index in [-0.39, 0.29) is 10.8 Å². The van der Waals surface area contributed by atoms with Gasteiger partial charge < -0.3 is 13.9 Å². The highest BCUT2D eigenvalue weighted by Crippen LogP contribution is 2.32. The van der Waals surface area contributed by atoms with Crippen molar-refractivity contribution in [3.05, 3.63) is 47.5 Å². The Morgan fingerprint density at radius 3 is 2.41 bits per heavy atom. The van der Waals surface area contributed by atoms with Gasteiger partial charge in [0.15, 0.2) is 0 Å². The van der Waals surface area contributed by atoms with E-state index in [9.17, 15) is 8.42 Å². The van der Waals surface area contributed by atoms with Crippen LogP contribution in [-0.4, -0.2) is 56.3 Å². The number of methoxy groups -OCH3 is 1. The number of morpholine rings is 1. The Morgan fingerprint density at radius 2 is 1.72 bits per heavy atom. The summed E-state index contributed by atoms with van der Waals surface area (Å²) in [5.41, 5.74) is 1.06. The molecule has 0 unspecified atom stereocenters. The molecule has 1 aromatic heterocycles. The Kier molecular flexibility index (Phi) is 5.55. The number of aromatic nitrogens is 2. The molecule has 8 nitrogen and oxygen atoms in total. The molecule has 1 saturated heterocycles. The van der Waals surface area contributed by atoms with E-state index in [0.717, 1.165) is 0 Å². The van der Waals surface area contributed by atoms with E-state index in [2.05, 4.69) is 10.2 Å². The molecule has 0 saturated carbocycles. The van der Waals surface area contributed by atoms with Crippen LogP contribution in [0.3, 0.4) is 0 Å². The molecule has 29 heavy (non-hydrogen) atoms. The molecule has 1 aliphatic rings. The Morgan fingerprint density at radius 1 is 1.03 bits per heavy atom. The van der Waals surface area contributed by atoms with Crippen molar-refractivity contribution >= 4 is 21.6 Å². The molecule has 3 aromatic rings. The number of benzene rings is 2. The molecule has 0 atom stereocenters.